The first-order chi connectivity index (χ1) is 18.0. The van der Waals surface area contributed by atoms with E-state index in [0.29, 0.717) is 30.7 Å². The van der Waals surface area contributed by atoms with Crippen LogP contribution < -0.4 is 0 Å². The van der Waals surface area contributed by atoms with Gasteiger partial charge in [-0.15, -0.1) is 11.3 Å². The lowest BCUT2D eigenvalue weighted by atomic mass is 10.1. The summed E-state index contributed by atoms with van der Waals surface area (Å²) in [5.41, 5.74) is 3.04. The van der Waals surface area contributed by atoms with Crippen LogP contribution in [0.4, 0.5) is 0 Å². The van der Waals surface area contributed by atoms with Crippen molar-refractivity contribution in [2.24, 2.45) is 0 Å². The second kappa shape index (κ2) is 9.29. The van der Waals surface area contributed by atoms with Gasteiger partial charge in [0.25, 0.3) is 17.6 Å². The molecule has 1 N–H and O–H groups in total. The molecule has 2 amide bonds. The summed E-state index contributed by atoms with van der Waals surface area (Å²) in [5.74, 6) is -1.24. The first-order valence-electron chi connectivity index (χ1n) is 12.2. The van der Waals surface area contributed by atoms with E-state index in [4.69, 9.17) is 0 Å². The van der Waals surface area contributed by atoms with Crippen LogP contribution in [0.1, 0.15) is 27.6 Å². The average Bonchev–Trinajstić information content (AvgIpc) is 3.57. The molecule has 4 heterocycles. The maximum Gasteiger partial charge on any atom is 0.295 e. The molecule has 1 atom stereocenters. The Bertz CT molecular complexity index is 1620. The van der Waals surface area contributed by atoms with Gasteiger partial charge in [-0.2, -0.15) is 0 Å². The standard InChI is InChI=1S/C29H24N4O3S/c1-18-17-32(28(35)19-7-3-2-4-8-19)13-14-33(18)29(36)27(34)22-16-31-25-21(11-12-30-26(22)25)24-15-20-9-5-6-10-23(20)37-24/h2-12,15-16,18,31H,13-14,17H2,1H3. The van der Waals surface area contributed by atoms with E-state index in [1.165, 1.54) is 4.70 Å². The van der Waals surface area contributed by atoms with Crippen molar-refractivity contribution in [3.05, 3.63) is 90.3 Å². The quantitative estimate of drug-likeness (QED) is 0.273. The first-order valence-corrected chi connectivity index (χ1v) is 13.0. The number of aromatic amines is 1. The number of nitrogens with zero attached hydrogens (tertiary/aromatic N) is 3. The second-order valence-corrected chi connectivity index (χ2v) is 10.3. The molecule has 1 fully saturated rings. The Morgan fingerprint density at radius 2 is 1.78 bits per heavy atom. The van der Waals surface area contributed by atoms with Gasteiger partial charge in [0.05, 0.1) is 16.6 Å². The van der Waals surface area contributed by atoms with Crippen molar-refractivity contribution in [3.8, 4) is 10.4 Å². The number of hydrogen-bond donors (Lipinski definition) is 1. The number of piperazine rings is 1. The van der Waals surface area contributed by atoms with Crippen LogP contribution in [0.25, 0.3) is 31.6 Å². The Labute approximate surface area is 217 Å². The summed E-state index contributed by atoms with van der Waals surface area (Å²) >= 11 is 1.67. The van der Waals surface area contributed by atoms with E-state index in [1.807, 2.05) is 43.3 Å². The number of H-pyrrole nitrogens is 1. The number of thiophene rings is 1. The Kier molecular flexibility index (Phi) is 5.81. The number of nitrogens with one attached hydrogen (secondary N) is 1. The Balaban J connectivity index is 1.23. The molecule has 3 aromatic heterocycles. The molecule has 1 aliphatic rings. The van der Waals surface area contributed by atoms with E-state index in [-0.39, 0.29) is 17.5 Å². The third kappa shape index (κ3) is 4.09. The van der Waals surface area contributed by atoms with Gasteiger partial charge in [0.15, 0.2) is 0 Å². The number of hydrogen-bond acceptors (Lipinski definition) is 5. The fraction of sp³-hybridized carbons (Fsp3) is 0.172. The van der Waals surface area contributed by atoms with Gasteiger partial charge in [-0.05, 0) is 42.6 Å². The van der Waals surface area contributed by atoms with Crippen molar-refractivity contribution in [2.75, 3.05) is 19.6 Å². The molecule has 1 saturated heterocycles. The topological polar surface area (TPSA) is 86.4 Å². The number of Topliss-reactive ketones (excluding diaryl/α,β-unsaturated/α-hetero) is 1. The minimum absolute atomic E-state index is 0.0690. The van der Waals surface area contributed by atoms with Gasteiger partial charge in [0.1, 0.15) is 0 Å². The fourth-order valence-corrected chi connectivity index (χ4v) is 6.06. The maximum atomic E-state index is 13.4. The van der Waals surface area contributed by atoms with E-state index in [0.717, 1.165) is 21.3 Å². The van der Waals surface area contributed by atoms with Crippen molar-refractivity contribution >= 4 is 50.1 Å². The molecule has 0 bridgehead atoms. The normalized spacial score (nSPS) is 15.9. The summed E-state index contributed by atoms with van der Waals surface area (Å²) in [4.78, 5) is 51.5. The molecule has 8 heteroatoms. The summed E-state index contributed by atoms with van der Waals surface area (Å²) in [6.45, 7) is 2.91. The molecule has 5 aromatic rings. The molecule has 6 rings (SSSR count). The zero-order valence-electron chi connectivity index (χ0n) is 20.2. The largest absolute Gasteiger partial charge is 0.359 e. The lowest BCUT2D eigenvalue weighted by Gasteiger charge is -2.39. The summed E-state index contributed by atoms with van der Waals surface area (Å²) in [5, 5.41) is 1.16. The predicted molar refractivity (Wildman–Crippen MR) is 145 cm³/mol. The Morgan fingerprint density at radius 1 is 1.00 bits per heavy atom. The molecule has 1 aliphatic heterocycles. The van der Waals surface area contributed by atoms with Gasteiger partial charge in [0.2, 0.25) is 0 Å². The van der Waals surface area contributed by atoms with Crippen molar-refractivity contribution in [1.82, 2.24) is 19.8 Å². The second-order valence-electron chi connectivity index (χ2n) is 9.23. The molecule has 37 heavy (non-hydrogen) atoms. The third-order valence-corrected chi connectivity index (χ3v) is 8.04. The van der Waals surface area contributed by atoms with Gasteiger partial charge in [0, 0.05) is 58.8 Å². The van der Waals surface area contributed by atoms with Crippen LogP contribution in [0.5, 0.6) is 0 Å². The highest BCUT2D eigenvalue weighted by Crippen LogP contribution is 2.37. The number of amides is 2. The van der Waals surface area contributed by atoms with E-state index in [2.05, 4.69) is 28.2 Å². The number of ketones is 1. The SMILES string of the molecule is CC1CN(C(=O)c2ccccc2)CCN1C(=O)C(=O)c1c[nH]c2c(-c3cc4ccccc4s3)ccnc12. The number of carbonyl (C=O) groups excluding carboxylic acids is 3. The number of rotatable bonds is 4. The molecular formula is C29H24N4O3S. The molecular weight excluding hydrogens is 484 g/mol. The van der Waals surface area contributed by atoms with Crippen molar-refractivity contribution in [3.63, 3.8) is 0 Å². The average molecular weight is 509 g/mol. The molecule has 0 aliphatic carbocycles. The summed E-state index contributed by atoms with van der Waals surface area (Å²) in [7, 11) is 0. The number of aromatic nitrogens is 2. The summed E-state index contributed by atoms with van der Waals surface area (Å²) < 4.78 is 1.18. The van der Waals surface area contributed by atoms with Crippen LogP contribution in [0.15, 0.2) is 79.1 Å². The van der Waals surface area contributed by atoms with Crippen molar-refractivity contribution in [2.45, 2.75) is 13.0 Å². The van der Waals surface area contributed by atoms with Crippen LogP contribution in [0.3, 0.4) is 0 Å². The number of benzene rings is 2. The zero-order chi connectivity index (χ0) is 25.5. The Morgan fingerprint density at radius 3 is 2.57 bits per heavy atom. The number of fused-ring (bicyclic) bond motifs is 2. The van der Waals surface area contributed by atoms with Crippen molar-refractivity contribution in [1.29, 1.82) is 0 Å². The lowest BCUT2D eigenvalue weighted by molar-refractivity contribution is -0.130. The minimum atomic E-state index is -0.595. The number of carbonyl (C=O) groups is 3. The molecule has 0 radical (unpaired) electrons. The molecule has 0 spiro atoms. The highest BCUT2D eigenvalue weighted by molar-refractivity contribution is 7.22. The highest BCUT2D eigenvalue weighted by Gasteiger charge is 2.34. The van der Waals surface area contributed by atoms with E-state index >= 15 is 0 Å². The third-order valence-electron chi connectivity index (χ3n) is 6.89. The van der Waals surface area contributed by atoms with Crippen LogP contribution in [0, 0.1) is 0 Å². The van der Waals surface area contributed by atoms with Gasteiger partial charge in [-0.3, -0.25) is 19.4 Å². The van der Waals surface area contributed by atoms with Gasteiger partial charge >= 0.3 is 0 Å². The zero-order valence-corrected chi connectivity index (χ0v) is 21.0. The van der Waals surface area contributed by atoms with Crippen LogP contribution in [-0.4, -0.2) is 63.0 Å². The Hall–Kier alpha value is -4.30. The van der Waals surface area contributed by atoms with Crippen LogP contribution in [-0.2, 0) is 4.79 Å². The van der Waals surface area contributed by atoms with Crippen molar-refractivity contribution < 1.29 is 14.4 Å². The molecule has 7 nitrogen and oxygen atoms in total. The maximum absolute atomic E-state index is 13.4. The molecule has 0 saturated carbocycles. The minimum Gasteiger partial charge on any atom is -0.359 e. The van der Waals surface area contributed by atoms with Gasteiger partial charge < -0.3 is 14.8 Å². The number of pyridine rings is 1. The molecule has 184 valence electrons. The van der Waals surface area contributed by atoms with Gasteiger partial charge in [-0.1, -0.05) is 36.4 Å². The highest BCUT2D eigenvalue weighted by atomic mass is 32.1. The van der Waals surface area contributed by atoms with E-state index in [9.17, 15) is 14.4 Å². The predicted octanol–water partition coefficient (Wildman–Crippen LogP) is 5.00. The lowest BCUT2D eigenvalue weighted by Crippen LogP contribution is -2.56. The summed E-state index contributed by atoms with van der Waals surface area (Å²) in [6, 6.07) is 21.0. The fourth-order valence-electron chi connectivity index (χ4n) is 4.97. The van der Waals surface area contributed by atoms with Crippen LogP contribution in [0.2, 0.25) is 0 Å². The smallest absolute Gasteiger partial charge is 0.295 e. The monoisotopic (exact) mass is 508 g/mol. The van der Waals surface area contributed by atoms with E-state index in [1.54, 1.807) is 45.7 Å². The molecule has 2 aromatic carbocycles. The van der Waals surface area contributed by atoms with Gasteiger partial charge in [-0.25, -0.2) is 0 Å². The van der Waals surface area contributed by atoms with E-state index < -0.39 is 11.7 Å². The van der Waals surface area contributed by atoms with Crippen LogP contribution >= 0.6 is 11.3 Å². The molecule has 1 unspecified atom stereocenters. The first kappa shape index (κ1) is 23.1. The summed E-state index contributed by atoms with van der Waals surface area (Å²) in [6.07, 6.45) is 3.25.